The lowest BCUT2D eigenvalue weighted by Crippen LogP contribution is -2.41. The molecule has 1 aliphatic heterocycles. The van der Waals surface area contributed by atoms with Gasteiger partial charge in [-0.1, -0.05) is 13.3 Å². The topological polar surface area (TPSA) is 41.1 Å². The van der Waals surface area contributed by atoms with Gasteiger partial charge in [0, 0.05) is 12.6 Å². The minimum absolute atomic E-state index is 0.186. The second-order valence-corrected chi connectivity index (χ2v) is 4.88. The Morgan fingerprint density at radius 1 is 1.57 bits per heavy atom. The molecule has 82 valence electrons. The van der Waals surface area contributed by atoms with E-state index in [2.05, 4.69) is 17.6 Å². The molecule has 0 aromatic heterocycles. The van der Waals surface area contributed by atoms with E-state index in [1.165, 1.54) is 12.8 Å². The van der Waals surface area contributed by atoms with Gasteiger partial charge >= 0.3 is 0 Å². The van der Waals surface area contributed by atoms with Crippen LogP contribution >= 0.6 is 11.8 Å². The molecule has 0 aromatic carbocycles. The summed E-state index contributed by atoms with van der Waals surface area (Å²) in [6.45, 7) is 4.10. The van der Waals surface area contributed by atoms with Crippen LogP contribution in [0.25, 0.3) is 0 Å². The average molecular weight is 216 g/mol. The van der Waals surface area contributed by atoms with Crippen molar-refractivity contribution in [2.75, 3.05) is 24.6 Å². The van der Waals surface area contributed by atoms with E-state index in [0.717, 1.165) is 25.3 Å². The second kappa shape index (κ2) is 7.12. The van der Waals surface area contributed by atoms with E-state index < -0.39 is 0 Å². The molecule has 1 saturated heterocycles. The summed E-state index contributed by atoms with van der Waals surface area (Å²) < 4.78 is 0. The Labute approximate surface area is 90.4 Å². The highest BCUT2D eigenvalue weighted by molar-refractivity contribution is 7.99. The van der Waals surface area contributed by atoms with Gasteiger partial charge in [0.25, 0.3) is 0 Å². The van der Waals surface area contributed by atoms with Crippen molar-refractivity contribution in [1.82, 2.24) is 10.6 Å². The van der Waals surface area contributed by atoms with Gasteiger partial charge in [-0.05, 0) is 25.1 Å². The molecule has 3 nitrogen and oxygen atoms in total. The minimum atomic E-state index is 0.186. The normalized spacial score (nSPS) is 22.8. The third-order valence-electron chi connectivity index (χ3n) is 2.35. The van der Waals surface area contributed by atoms with Crippen LogP contribution in [-0.2, 0) is 4.79 Å². The van der Waals surface area contributed by atoms with Crippen molar-refractivity contribution in [3.63, 3.8) is 0 Å². The fraction of sp³-hybridized carbons (Fsp3) is 0.900. The summed E-state index contributed by atoms with van der Waals surface area (Å²) in [4.78, 5) is 11.4. The SMILES string of the molecule is CCSCC(=O)NC1CCCCNC1. The maximum absolute atomic E-state index is 11.4. The first kappa shape index (κ1) is 11.9. The number of amides is 1. The molecule has 1 fully saturated rings. The molecule has 1 rings (SSSR count). The van der Waals surface area contributed by atoms with E-state index in [9.17, 15) is 4.79 Å². The highest BCUT2D eigenvalue weighted by Gasteiger charge is 2.13. The molecular formula is C10H20N2OS. The molecule has 0 aliphatic carbocycles. The largest absolute Gasteiger partial charge is 0.351 e. The first-order valence-electron chi connectivity index (χ1n) is 5.40. The lowest BCUT2D eigenvalue weighted by molar-refractivity contribution is -0.119. The summed E-state index contributed by atoms with van der Waals surface area (Å²) in [7, 11) is 0. The van der Waals surface area contributed by atoms with Gasteiger partial charge in [0.15, 0.2) is 0 Å². The van der Waals surface area contributed by atoms with Crippen LogP contribution in [0.4, 0.5) is 0 Å². The highest BCUT2D eigenvalue weighted by Crippen LogP contribution is 2.05. The zero-order valence-electron chi connectivity index (χ0n) is 8.84. The third-order valence-corrected chi connectivity index (χ3v) is 3.22. The Balaban J connectivity index is 2.17. The molecule has 2 N–H and O–H groups in total. The standard InChI is InChI=1S/C10H20N2OS/c1-2-14-8-10(13)12-9-5-3-4-6-11-7-9/h9,11H,2-8H2,1H3,(H,12,13). The summed E-state index contributed by atoms with van der Waals surface area (Å²) >= 11 is 1.68. The van der Waals surface area contributed by atoms with Crippen molar-refractivity contribution in [2.45, 2.75) is 32.2 Å². The number of carbonyl (C=O) groups is 1. The predicted octanol–water partition coefficient (Wildman–Crippen LogP) is 0.998. The predicted molar refractivity (Wildman–Crippen MR) is 61.7 cm³/mol. The molecule has 0 bridgehead atoms. The zero-order chi connectivity index (χ0) is 10.2. The van der Waals surface area contributed by atoms with Crippen molar-refractivity contribution in [3.05, 3.63) is 0 Å². The number of nitrogens with one attached hydrogen (secondary N) is 2. The molecule has 0 radical (unpaired) electrons. The zero-order valence-corrected chi connectivity index (χ0v) is 9.66. The smallest absolute Gasteiger partial charge is 0.230 e. The molecule has 1 unspecified atom stereocenters. The van der Waals surface area contributed by atoms with Crippen LogP contribution in [0.2, 0.25) is 0 Å². The lowest BCUT2D eigenvalue weighted by Gasteiger charge is -2.15. The summed E-state index contributed by atoms with van der Waals surface area (Å²) in [6.07, 6.45) is 3.57. The van der Waals surface area contributed by atoms with Crippen LogP contribution in [0.5, 0.6) is 0 Å². The van der Waals surface area contributed by atoms with Crippen molar-refractivity contribution in [3.8, 4) is 0 Å². The Morgan fingerprint density at radius 2 is 2.43 bits per heavy atom. The van der Waals surface area contributed by atoms with Gasteiger partial charge in [-0.25, -0.2) is 0 Å². The van der Waals surface area contributed by atoms with Crippen LogP contribution in [0.1, 0.15) is 26.2 Å². The van der Waals surface area contributed by atoms with E-state index in [0.29, 0.717) is 11.8 Å². The van der Waals surface area contributed by atoms with E-state index >= 15 is 0 Å². The molecule has 1 aliphatic rings. The van der Waals surface area contributed by atoms with E-state index in [1.54, 1.807) is 11.8 Å². The summed E-state index contributed by atoms with van der Waals surface area (Å²) in [5.74, 6) is 1.80. The molecule has 14 heavy (non-hydrogen) atoms. The fourth-order valence-electron chi connectivity index (χ4n) is 1.61. The Kier molecular flexibility index (Phi) is 6.03. The monoisotopic (exact) mass is 216 g/mol. The van der Waals surface area contributed by atoms with Gasteiger partial charge < -0.3 is 10.6 Å². The average Bonchev–Trinajstić information content (AvgIpc) is 2.43. The molecule has 1 amide bonds. The number of carbonyl (C=O) groups excluding carboxylic acids is 1. The van der Waals surface area contributed by atoms with Crippen molar-refractivity contribution in [1.29, 1.82) is 0 Å². The summed E-state index contributed by atoms with van der Waals surface area (Å²) in [5.41, 5.74) is 0. The van der Waals surface area contributed by atoms with Crippen molar-refractivity contribution < 1.29 is 4.79 Å². The number of hydrogen-bond acceptors (Lipinski definition) is 3. The van der Waals surface area contributed by atoms with Crippen LogP contribution < -0.4 is 10.6 Å². The van der Waals surface area contributed by atoms with Crippen LogP contribution in [-0.4, -0.2) is 36.5 Å². The van der Waals surface area contributed by atoms with Gasteiger partial charge in [0.1, 0.15) is 0 Å². The molecule has 4 heteroatoms. The maximum atomic E-state index is 11.4. The van der Waals surface area contributed by atoms with Gasteiger partial charge in [-0.3, -0.25) is 4.79 Å². The van der Waals surface area contributed by atoms with Gasteiger partial charge in [0.2, 0.25) is 5.91 Å². The molecule has 1 heterocycles. The van der Waals surface area contributed by atoms with Crippen LogP contribution in [0.3, 0.4) is 0 Å². The molecule has 0 aromatic rings. The van der Waals surface area contributed by atoms with Gasteiger partial charge in [-0.15, -0.1) is 0 Å². The number of thioether (sulfide) groups is 1. The van der Waals surface area contributed by atoms with E-state index in [-0.39, 0.29) is 5.91 Å². The lowest BCUT2D eigenvalue weighted by atomic mass is 10.1. The molecule has 1 atom stereocenters. The molecule has 0 spiro atoms. The van der Waals surface area contributed by atoms with E-state index in [4.69, 9.17) is 0 Å². The summed E-state index contributed by atoms with van der Waals surface area (Å²) in [6, 6.07) is 0.349. The quantitative estimate of drug-likeness (QED) is 0.736. The maximum Gasteiger partial charge on any atom is 0.230 e. The molecule has 0 saturated carbocycles. The number of hydrogen-bond donors (Lipinski definition) is 2. The van der Waals surface area contributed by atoms with Gasteiger partial charge in [0.05, 0.1) is 5.75 Å². The van der Waals surface area contributed by atoms with Crippen molar-refractivity contribution in [2.24, 2.45) is 0 Å². The first-order chi connectivity index (χ1) is 6.83. The fourth-order valence-corrected chi connectivity index (χ4v) is 2.08. The second-order valence-electron chi connectivity index (χ2n) is 3.60. The van der Waals surface area contributed by atoms with Crippen LogP contribution in [0, 0.1) is 0 Å². The third kappa shape index (κ3) is 4.86. The van der Waals surface area contributed by atoms with Gasteiger partial charge in [-0.2, -0.15) is 11.8 Å². The Bertz CT molecular complexity index is 168. The van der Waals surface area contributed by atoms with Crippen molar-refractivity contribution >= 4 is 17.7 Å². The molecular weight excluding hydrogens is 196 g/mol. The Morgan fingerprint density at radius 3 is 3.21 bits per heavy atom. The van der Waals surface area contributed by atoms with Crippen LogP contribution in [0.15, 0.2) is 0 Å². The Hall–Kier alpha value is -0.220. The first-order valence-corrected chi connectivity index (χ1v) is 6.56. The summed E-state index contributed by atoms with van der Waals surface area (Å²) in [5, 5.41) is 6.41. The minimum Gasteiger partial charge on any atom is -0.351 e. The highest BCUT2D eigenvalue weighted by atomic mass is 32.2. The number of rotatable bonds is 4. The van der Waals surface area contributed by atoms with E-state index in [1.807, 2.05) is 0 Å².